The lowest BCUT2D eigenvalue weighted by Gasteiger charge is -2.18. The Bertz CT molecular complexity index is 419. The van der Waals surface area contributed by atoms with Crippen LogP contribution in [0.1, 0.15) is 38.3 Å². The second kappa shape index (κ2) is 6.78. The molecule has 1 aromatic rings. The smallest absolute Gasteiger partial charge is 0.0669 e. The second-order valence-corrected chi connectivity index (χ2v) is 6.95. The first-order valence-electron chi connectivity index (χ1n) is 7.17. The normalized spacial score (nSPS) is 23.2. The number of ether oxygens (including phenoxy) is 1. The van der Waals surface area contributed by atoms with Gasteiger partial charge in [-0.15, -0.1) is 11.8 Å². The number of benzene rings is 1. The van der Waals surface area contributed by atoms with Gasteiger partial charge in [0, 0.05) is 29.3 Å². The first-order chi connectivity index (χ1) is 9.06. The van der Waals surface area contributed by atoms with Gasteiger partial charge in [-0.25, -0.2) is 0 Å². The number of thioether (sulfide) groups is 1. The molecule has 2 unspecified atom stereocenters. The van der Waals surface area contributed by atoms with Crippen molar-refractivity contribution in [1.29, 1.82) is 0 Å². The molecular formula is C16H25NOS. The van der Waals surface area contributed by atoms with E-state index >= 15 is 0 Å². The highest BCUT2D eigenvalue weighted by Crippen LogP contribution is 2.34. The van der Waals surface area contributed by atoms with E-state index in [1.165, 1.54) is 16.0 Å². The lowest BCUT2D eigenvalue weighted by molar-refractivity contribution is 0.127. The molecule has 106 valence electrons. The predicted molar refractivity (Wildman–Crippen MR) is 82.8 cm³/mol. The van der Waals surface area contributed by atoms with E-state index in [9.17, 15) is 0 Å². The maximum absolute atomic E-state index is 5.66. The minimum absolute atomic E-state index is 0.372. The van der Waals surface area contributed by atoms with Crippen LogP contribution in [0, 0.1) is 6.92 Å². The standard InChI is InChI=1S/C16H25NOS/c1-11(2)17-10-14-9-12(3)5-6-16(14)19-15-7-8-18-13(15)4/h5-6,9,11,13,15,17H,7-8,10H2,1-4H3. The summed E-state index contributed by atoms with van der Waals surface area (Å²) in [5, 5.41) is 4.12. The zero-order valence-corrected chi connectivity index (χ0v) is 13.2. The monoisotopic (exact) mass is 279 g/mol. The minimum Gasteiger partial charge on any atom is -0.377 e. The Kier molecular flexibility index (Phi) is 5.31. The molecule has 1 saturated heterocycles. The molecule has 1 aliphatic rings. The summed E-state index contributed by atoms with van der Waals surface area (Å²) in [5.41, 5.74) is 2.75. The van der Waals surface area contributed by atoms with Crippen molar-refractivity contribution >= 4 is 11.8 Å². The Morgan fingerprint density at radius 3 is 2.84 bits per heavy atom. The molecule has 0 amide bonds. The highest BCUT2D eigenvalue weighted by molar-refractivity contribution is 8.00. The van der Waals surface area contributed by atoms with Gasteiger partial charge in [0.15, 0.2) is 0 Å². The third-order valence-corrected chi connectivity index (χ3v) is 5.08. The predicted octanol–water partition coefficient (Wildman–Crippen LogP) is 3.76. The summed E-state index contributed by atoms with van der Waals surface area (Å²) in [6.45, 7) is 10.6. The molecule has 0 saturated carbocycles. The van der Waals surface area contributed by atoms with Gasteiger partial charge in [0.25, 0.3) is 0 Å². The van der Waals surface area contributed by atoms with Gasteiger partial charge in [0.2, 0.25) is 0 Å². The van der Waals surface area contributed by atoms with Crippen molar-refractivity contribution in [1.82, 2.24) is 5.32 Å². The van der Waals surface area contributed by atoms with Gasteiger partial charge in [-0.1, -0.05) is 31.5 Å². The summed E-state index contributed by atoms with van der Waals surface area (Å²) < 4.78 is 5.66. The highest BCUT2D eigenvalue weighted by Gasteiger charge is 2.25. The minimum atomic E-state index is 0.372. The van der Waals surface area contributed by atoms with E-state index in [1.807, 2.05) is 11.8 Å². The molecule has 1 fully saturated rings. The van der Waals surface area contributed by atoms with Gasteiger partial charge in [-0.3, -0.25) is 0 Å². The van der Waals surface area contributed by atoms with E-state index in [-0.39, 0.29) is 0 Å². The first kappa shape index (κ1) is 14.9. The summed E-state index contributed by atoms with van der Waals surface area (Å²) in [4.78, 5) is 1.40. The number of nitrogens with one attached hydrogen (secondary N) is 1. The molecule has 19 heavy (non-hydrogen) atoms. The van der Waals surface area contributed by atoms with Gasteiger partial charge in [-0.2, -0.15) is 0 Å². The zero-order valence-electron chi connectivity index (χ0n) is 12.4. The molecule has 0 aliphatic carbocycles. The van der Waals surface area contributed by atoms with Crippen LogP contribution in [0.25, 0.3) is 0 Å². The van der Waals surface area contributed by atoms with E-state index in [1.54, 1.807) is 0 Å². The molecule has 1 aromatic carbocycles. The highest BCUT2D eigenvalue weighted by atomic mass is 32.2. The molecule has 1 heterocycles. The van der Waals surface area contributed by atoms with Crippen molar-refractivity contribution in [2.45, 2.75) is 63.0 Å². The van der Waals surface area contributed by atoms with Crippen molar-refractivity contribution in [3.8, 4) is 0 Å². The average molecular weight is 279 g/mol. The van der Waals surface area contributed by atoms with E-state index in [4.69, 9.17) is 4.74 Å². The van der Waals surface area contributed by atoms with Crippen LogP contribution in [0.2, 0.25) is 0 Å². The van der Waals surface area contributed by atoms with Crippen molar-refractivity contribution in [2.24, 2.45) is 0 Å². The third kappa shape index (κ3) is 4.23. The summed E-state index contributed by atoms with van der Waals surface area (Å²) >= 11 is 1.98. The van der Waals surface area contributed by atoms with Crippen LogP contribution < -0.4 is 5.32 Å². The summed E-state index contributed by atoms with van der Waals surface area (Å²) in [6, 6.07) is 7.30. The summed E-state index contributed by atoms with van der Waals surface area (Å²) in [6.07, 6.45) is 1.54. The molecule has 2 rings (SSSR count). The molecule has 1 N–H and O–H groups in total. The van der Waals surface area contributed by atoms with Gasteiger partial charge in [0.1, 0.15) is 0 Å². The van der Waals surface area contributed by atoms with Crippen LogP contribution in [-0.2, 0) is 11.3 Å². The Morgan fingerprint density at radius 1 is 1.42 bits per heavy atom. The van der Waals surface area contributed by atoms with Crippen molar-refractivity contribution in [2.75, 3.05) is 6.61 Å². The quantitative estimate of drug-likeness (QED) is 0.886. The Balaban J connectivity index is 2.09. The fraction of sp³-hybridized carbons (Fsp3) is 0.625. The SMILES string of the molecule is Cc1ccc(SC2CCOC2C)c(CNC(C)C)c1. The van der Waals surface area contributed by atoms with Crippen LogP contribution in [0.3, 0.4) is 0 Å². The molecule has 0 spiro atoms. The molecule has 0 aromatic heterocycles. The Hall–Kier alpha value is -0.510. The molecular weight excluding hydrogens is 254 g/mol. The summed E-state index contributed by atoms with van der Waals surface area (Å²) in [7, 11) is 0. The molecule has 0 radical (unpaired) electrons. The number of hydrogen-bond donors (Lipinski definition) is 1. The largest absolute Gasteiger partial charge is 0.377 e. The second-order valence-electron chi connectivity index (χ2n) is 5.67. The van der Waals surface area contributed by atoms with Crippen LogP contribution in [-0.4, -0.2) is 24.0 Å². The van der Waals surface area contributed by atoms with E-state index < -0.39 is 0 Å². The molecule has 1 aliphatic heterocycles. The lowest BCUT2D eigenvalue weighted by atomic mass is 10.1. The van der Waals surface area contributed by atoms with Crippen molar-refractivity contribution in [3.05, 3.63) is 29.3 Å². The zero-order chi connectivity index (χ0) is 13.8. The molecule has 2 nitrogen and oxygen atoms in total. The van der Waals surface area contributed by atoms with Gasteiger partial charge >= 0.3 is 0 Å². The number of rotatable bonds is 5. The fourth-order valence-corrected chi connectivity index (χ4v) is 3.54. The van der Waals surface area contributed by atoms with E-state index in [0.29, 0.717) is 17.4 Å². The molecule has 2 atom stereocenters. The van der Waals surface area contributed by atoms with Crippen molar-refractivity contribution < 1.29 is 4.74 Å². The van der Waals surface area contributed by atoms with Gasteiger partial charge in [0.05, 0.1) is 6.10 Å². The average Bonchev–Trinajstić information content (AvgIpc) is 2.75. The Labute approximate surface area is 121 Å². The van der Waals surface area contributed by atoms with Crippen molar-refractivity contribution in [3.63, 3.8) is 0 Å². The topological polar surface area (TPSA) is 21.3 Å². The number of aryl methyl sites for hydroxylation is 1. The molecule has 0 bridgehead atoms. The maximum atomic E-state index is 5.66. The third-order valence-electron chi connectivity index (χ3n) is 3.50. The van der Waals surface area contributed by atoms with Crippen LogP contribution in [0.5, 0.6) is 0 Å². The van der Waals surface area contributed by atoms with Crippen LogP contribution >= 0.6 is 11.8 Å². The maximum Gasteiger partial charge on any atom is 0.0669 e. The van der Waals surface area contributed by atoms with E-state index in [2.05, 4.69) is 51.2 Å². The Morgan fingerprint density at radius 2 is 2.21 bits per heavy atom. The van der Waals surface area contributed by atoms with Crippen LogP contribution in [0.15, 0.2) is 23.1 Å². The van der Waals surface area contributed by atoms with E-state index in [0.717, 1.165) is 19.6 Å². The lowest BCUT2D eigenvalue weighted by Crippen LogP contribution is -2.22. The number of hydrogen-bond acceptors (Lipinski definition) is 3. The summed E-state index contributed by atoms with van der Waals surface area (Å²) in [5.74, 6) is 0. The first-order valence-corrected chi connectivity index (χ1v) is 8.05. The van der Waals surface area contributed by atoms with Crippen LogP contribution in [0.4, 0.5) is 0 Å². The van der Waals surface area contributed by atoms with Gasteiger partial charge in [-0.05, 0) is 31.9 Å². The van der Waals surface area contributed by atoms with Gasteiger partial charge < -0.3 is 10.1 Å². The molecule has 3 heteroatoms. The fourth-order valence-electron chi connectivity index (χ4n) is 2.31.